The Bertz CT molecular complexity index is 561. The lowest BCUT2D eigenvalue weighted by Crippen LogP contribution is -2.17. The molecule has 0 saturated heterocycles. The minimum Gasteiger partial charge on any atom is -0.496 e. The molecule has 1 aromatic heterocycles. The second kappa shape index (κ2) is 5.53. The minimum atomic E-state index is 0.301. The van der Waals surface area contributed by atoms with E-state index in [1.54, 1.807) is 14.2 Å². The van der Waals surface area contributed by atoms with Crippen molar-refractivity contribution in [2.45, 2.75) is 19.8 Å². The van der Waals surface area contributed by atoms with Crippen LogP contribution in [0.5, 0.6) is 11.5 Å². The zero-order valence-electron chi connectivity index (χ0n) is 12.0. The van der Waals surface area contributed by atoms with Crippen molar-refractivity contribution in [2.24, 2.45) is 11.7 Å². The maximum atomic E-state index is 5.93. The summed E-state index contributed by atoms with van der Waals surface area (Å²) in [6, 6.07) is 3.85. The highest BCUT2D eigenvalue weighted by Crippen LogP contribution is 2.39. The first-order chi connectivity index (χ1) is 9.13. The molecule has 0 aliphatic carbocycles. The molecule has 4 nitrogen and oxygen atoms in total. The van der Waals surface area contributed by atoms with Gasteiger partial charge >= 0.3 is 0 Å². The largest absolute Gasteiger partial charge is 0.496 e. The number of aromatic amines is 1. The molecule has 1 unspecified atom stereocenters. The summed E-state index contributed by atoms with van der Waals surface area (Å²) in [5.41, 5.74) is 8.10. The number of rotatable bonds is 5. The molecule has 0 fully saturated rings. The fourth-order valence-electron chi connectivity index (χ4n) is 2.61. The number of H-pyrrole nitrogens is 1. The maximum Gasteiger partial charge on any atom is 0.143 e. The molecule has 4 heteroatoms. The first-order valence-corrected chi connectivity index (χ1v) is 6.56. The van der Waals surface area contributed by atoms with Gasteiger partial charge in [0, 0.05) is 17.5 Å². The molecule has 0 spiro atoms. The Labute approximate surface area is 113 Å². The van der Waals surface area contributed by atoms with E-state index >= 15 is 0 Å². The zero-order chi connectivity index (χ0) is 14.0. The number of nitrogens with two attached hydrogens (primary N) is 1. The Balaban J connectivity index is 2.69. The van der Waals surface area contributed by atoms with E-state index < -0.39 is 0 Å². The van der Waals surface area contributed by atoms with Gasteiger partial charge in [0.15, 0.2) is 0 Å². The highest BCUT2D eigenvalue weighted by Gasteiger charge is 2.21. The summed E-state index contributed by atoms with van der Waals surface area (Å²) in [6.45, 7) is 4.98. The lowest BCUT2D eigenvalue weighted by Gasteiger charge is -2.19. The van der Waals surface area contributed by atoms with Crippen LogP contribution in [-0.4, -0.2) is 25.7 Å². The molecule has 2 rings (SSSR count). The molecule has 104 valence electrons. The van der Waals surface area contributed by atoms with Crippen LogP contribution < -0.4 is 15.2 Å². The van der Waals surface area contributed by atoms with E-state index in [0.717, 1.165) is 22.4 Å². The molecule has 0 aliphatic rings. The molecule has 3 N–H and O–H groups in total. The normalized spacial score (nSPS) is 12.9. The average molecular weight is 262 g/mol. The van der Waals surface area contributed by atoms with E-state index in [2.05, 4.69) is 18.8 Å². The Hall–Kier alpha value is -1.68. The van der Waals surface area contributed by atoms with Crippen LogP contribution in [0, 0.1) is 5.92 Å². The lowest BCUT2D eigenvalue weighted by atomic mass is 9.88. The third kappa shape index (κ3) is 2.28. The predicted octanol–water partition coefficient (Wildman–Crippen LogP) is 2.88. The summed E-state index contributed by atoms with van der Waals surface area (Å²) in [5.74, 6) is 2.45. The van der Waals surface area contributed by atoms with Crippen molar-refractivity contribution < 1.29 is 9.47 Å². The summed E-state index contributed by atoms with van der Waals surface area (Å²) in [5, 5.41) is 1.08. The van der Waals surface area contributed by atoms with Gasteiger partial charge in [-0.25, -0.2) is 0 Å². The Morgan fingerprint density at radius 1 is 1.16 bits per heavy atom. The summed E-state index contributed by atoms with van der Waals surface area (Å²) in [6.07, 6.45) is 2.02. The number of benzene rings is 1. The fourth-order valence-corrected chi connectivity index (χ4v) is 2.61. The standard InChI is InChI=1S/C15H22N2O2/c1-9(2)10(7-16)11-8-17-15-13(19-4)6-5-12(18-3)14(11)15/h5-6,8-10,17H,7,16H2,1-4H3. The lowest BCUT2D eigenvalue weighted by molar-refractivity contribution is 0.409. The highest BCUT2D eigenvalue weighted by molar-refractivity contribution is 5.94. The van der Waals surface area contributed by atoms with Gasteiger partial charge in [0.2, 0.25) is 0 Å². The van der Waals surface area contributed by atoms with Crippen molar-refractivity contribution in [2.75, 3.05) is 20.8 Å². The van der Waals surface area contributed by atoms with Crippen LogP contribution in [0.2, 0.25) is 0 Å². The number of hydrogen-bond donors (Lipinski definition) is 2. The third-order valence-corrected chi connectivity index (χ3v) is 3.69. The van der Waals surface area contributed by atoms with Gasteiger partial charge in [0.25, 0.3) is 0 Å². The van der Waals surface area contributed by atoms with Gasteiger partial charge in [-0.1, -0.05) is 13.8 Å². The van der Waals surface area contributed by atoms with Crippen molar-refractivity contribution in [3.8, 4) is 11.5 Å². The number of fused-ring (bicyclic) bond motifs is 1. The van der Waals surface area contributed by atoms with Gasteiger partial charge in [-0.3, -0.25) is 0 Å². The number of nitrogens with one attached hydrogen (secondary N) is 1. The first-order valence-electron chi connectivity index (χ1n) is 6.56. The smallest absolute Gasteiger partial charge is 0.143 e. The third-order valence-electron chi connectivity index (χ3n) is 3.69. The van der Waals surface area contributed by atoms with Gasteiger partial charge in [-0.2, -0.15) is 0 Å². The summed E-state index contributed by atoms with van der Waals surface area (Å²) < 4.78 is 10.9. The van der Waals surface area contributed by atoms with Crippen molar-refractivity contribution in [1.82, 2.24) is 4.98 Å². The molecule has 2 aromatic rings. The minimum absolute atomic E-state index is 0.301. The van der Waals surface area contributed by atoms with E-state index in [9.17, 15) is 0 Å². The van der Waals surface area contributed by atoms with E-state index in [1.807, 2.05) is 18.3 Å². The predicted molar refractivity (Wildman–Crippen MR) is 78.0 cm³/mol. The number of hydrogen-bond acceptors (Lipinski definition) is 3. The van der Waals surface area contributed by atoms with Crippen molar-refractivity contribution in [1.29, 1.82) is 0 Å². The molecule has 1 heterocycles. The van der Waals surface area contributed by atoms with Gasteiger partial charge in [0.1, 0.15) is 11.5 Å². The second-order valence-corrected chi connectivity index (χ2v) is 5.05. The molecule has 0 aliphatic heterocycles. The second-order valence-electron chi connectivity index (χ2n) is 5.05. The van der Waals surface area contributed by atoms with Crippen LogP contribution in [0.3, 0.4) is 0 Å². The van der Waals surface area contributed by atoms with Crippen molar-refractivity contribution in [3.05, 3.63) is 23.9 Å². The summed E-state index contributed by atoms with van der Waals surface area (Å²) in [7, 11) is 3.36. The van der Waals surface area contributed by atoms with Crippen LogP contribution in [-0.2, 0) is 0 Å². The van der Waals surface area contributed by atoms with Gasteiger partial charge < -0.3 is 20.2 Å². The zero-order valence-corrected chi connectivity index (χ0v) is 12.0. The summed E-state index contributed by atoms with van der Waals surface area (Å²) in [4.78, 5) is 3.29. The van der Waals surface area contributed by atoms with Crippen LogP contribution in [0.25, 0.3) is 10.9 Å². The molecule has 19 heavy (non-hydrogen) atoms. The monoisotopic (exact) mass is 262 g/mol. The van der Waals surface area contributed by atoms with Crippen molar-refractivity contribution >= 4 is 10.9 Å². The van der Waals surface area contributed by atoms with E-state index in [1.165, 1.54) is 5.56 Å². The molecule has 0 bridgehead atoms. The van der Waals surface area contributed by atoms with Crippen LogP contribution in [0.15, 0.2) is 18.3 Å². The molecule has 0 saturated carbocycles. The van der Waals surface area contributed by atoms with Crippen LogP contribution in [0.1, 0.15) is 25.3 Å². The first kappa shape index (κ1) is 13.7. The molecule has 0 radical (unpaired) electrons. The quantitative estimate of drug-likeness (QED) is 0.871. The number of aromatic nitrogens is 1. The SMILES string of the molecule is COc1ccc(OC)c2c(C(CN)C(C)C)c[nH]c12. The van der Waals surface area contributed by atoms with E-state index in [-0.39, 0.29) is 0 Å². The highest BCUT2D eigenvalue weighted by atomic mass is 16.5. The topological polar surface area (TPSA) is 60.3 Å². The summed E-state index contributed by atoms with van der Waals surface area (Å²) >= 11 is 0. The Morgan fingerprint density at radius 2 is 1.79 bits per heavy atom. The number of ether oxygens (including phenoxy) is 2. The molecular formula is C15H22N2O2. The van der Waals surface area contributed by atoms with Gasteiger partial charge in [0.05, 0.1) is 19.7 Å². The molecule has 1 aromatic carbocycles. The molecule has 1 atom stereocenters. The van der Waals surface area contributed by atoms with E-state index in [4.69, 9.17) is 15.2 Å². The molecule has 0 amide bonds. The van der Waals surface area contributed by atoms with Crippen LogP contribution in [0.4, 0.5) is 0 Å². The van der Waals surface area contributed by atoms with Gasteiger partial charge in [-0.15, -0.1) is 0 Å². The fraction of sp³-hybridized carbons (Fsp3) is 0.467. The molecular weight excluding hydrogens is 240 g/mol. The average Bonchev–Trinajstić information content (AvgIpc) is 2.83. The number of methoxy groups -OCH3 is 2. The van der Waals surface area contributed by atoms with Crippen molar-refractivity contribution in [3.63, 3.8) is 0 Å². The Morgan fingerprint density at radius 3 is 2.32 bits per heavy atom. The van der Waals surface area contributed by atoms with Crippen LogP contribution >= 0.6 is 0 Å². The van der Waals surface area contributed by atoms with E-state index in [0.29, 0.717) is 18.4 Å². The maximum absolute atomic E-state index is 5.93. The van der Waals surface area contributed by atoms with Gasteiger partial charge in [-0.05, 0) is 30.2 Å². The Kier molecular flexibility index (Phi) is 4.00.